The zero-order valence-corrected chi connectivity index (χ0v) is 14.0. The molecule has 2 aromatic rings. The molecule has 0 spiro atoms. The summed E-state index contributed by atoms with van der Waals surface area (Å²) in [5.74, 6) is -1.52. The third-order valence-corrected chi connectivity index (χ3v) is 4.14. The molecule has 2 heterocycles. The van der Waals surface area contributed by atoms with Gasteiger partial charge in [0.25, 0.3) is 0 Å². The molecule has 0 radical (unpaired) electrons. The number of alkyl halides is 3. The Morgan fingerprint density at radius 1 is 1.30 bits per heavy atom. The molecule has 10 heteroatoms. The Labute approximate surface area is 151 Å². The highest BCUT2D eigenvalue weighted by atomic mass is 19.4. The number of phenolic OH excluding ortho intramolecular Hbond substituents is 1. The number of hydrogen-bond donors (Lipinski definition) is 2. The van der Waals surface area contributed by atoms with Crippen LogP contribution < -0.4 is 10.2 Å². The smallest absolute Gasteiger partial charge is 0.405 e. The van der Waals surface area contributed by atoms with Gasteiger partial charge in [0.2, 0.25) is 5.91 Å². The van der Waals surface area contributed by atoms with Crippen molar-refractivity contribution >= 4 is 11.7 Å². The van der Waals surface area contributed by atoms with E-state index < -0.39 is 30.5 Å². The van der Waals surface area contributed by atoms with Crippen LogP contribution >= 0.6 is 0 Å². The molecule has 1 aromatic heterocycles. The highest BCUT2D eigenvalue weighted by Crippen LogP contribution is 2.28. The second-order valence-corrected chi connectivity index (χ2v) is 6.10. The normalized spacial score (nSPS) is 17.2. The minimum Gasteiger partial charge on any atom is -0.508 e. The number of carbonyl (C=O) groups excluding carboxylic acids is 1. The number of amides is 1. The Balaban J connectivity index is 1.84. The maximum Gasteiger partial charge on any atom is 0.405 e. The lowest BCUT2D eigenvalue weighted by Crippen LogP contribution is -2.46. The molecule has 144 valence electrons. The van der Waals surface area contributed by atoms with Gasteiger partial charge in [0.05, 0.1) is 6.20 Å². The zero-order chi connectivity index (χ0) is 19.6. The minimum atomic E-state index is -4.52. The SMILES string of the molecule is O=C(NCC(F)(F)F)[C@H]1CCCN1c1nc(-c2ccc(O)cc2)ncc1F. The van der Waals surface area contributed by atoms with E-state index in [1.165, 1.54) is 17.0 Å². The number of carbonyl (C=O) groups is 1. The monoisotopic (exact) mass is 384 g/mol. The first-order chi connectivity index (χ1) is 12.7. The minimum absolute atomic E-state index is 0.0435. The van der Waals surface area contributed by atoms with Crippen LogP contribution in [0.5, 0.6) is 5.75 Å². The molecule has 1 aromatic carbocycles. The lowest BCUT2D eigenvalue weighted by Gasteiger charge is -2.25. The molecule has 1 atom stereocenters. The van der Waals surface area contributed by atoms with Crippen molar-refractivity contribution in [1.29, 1.82) is 0 Å². The van der Waals surface area contributed by atoms with E-state index in [0.29, 0.717) is 18.4 Å². The highest BCUT2D eigenvalue weighted by Gasteiger charge is 2.36. The van der Waals surface area contributed by atoms with Crippen molar-refractivity contribution in [2.45, 2.75) is 25.1 Å². The second-order valence-electron chi connectivity index (χ2n) is 6.10. The summed E-state index contributed by atoms with van der Waals surface area (Å²) in [6.45, 7) is -1.16. The molecule has 1 amide bonds. The number of phenols is 1. The van der Waals surface area contributed by atoms with Gasteiger partial charge in [0.1, 0.15) is 18.3 Å². The van der Waals surface area contributed by atoms with Crippen LogP contribution in [0.3, 0.4) is 0 Å². The van der Waals surface area contributed by atoms with Gasteiger partial charge in [0, 0.05) is 12.1 Å². The van der Waals surface area contributed by atoms with Gasteiger partial charge < -0.3 is 15.3 Å². The molecule has 6 nitrogen and oxygen atoms in total. The van der Waals surface area contributed by atoms with Crippen LogP contribution in [0.1, 0.15) is 12.8 Å². The molecule has 1 aliphatic rings. The molecule has 0 bridgehead atoms. The summed E-state index contributed by atoms with van der Waals surface area (Å²) in [6, 6.07) is 4.99. The summed E-state index contributed by atoms with van der Waals surface area (Å²) in [4.78, 5) is 21.5. The van der Waals surface area contributed by atoms with Gasteiger partial charge in [0.15, 0.2) is 17.5 Å². The van der Waals surface area contributed by atoms with Crippen molar-refractivity contribution in [2.24, 2.45) is 0 Å². The van der Waals surface area contributed by atoms with E-state index in [-0.39, 0.29) is 23.9 Å². The topological polar surface area (TPSA) is 78.4 Å². The van der Waals surface area contributed by atoms with E-state index in [2.05, 4.69) is 9.97 Å². The van der Waals surface area contributed by atoms with Gasteiger partial charge in [-0.3, -0.25) is 4.79 Å². The third-order valence-electron chi connectivity index (χ3n) is 4.14. The number of halogens is 4. The molecule has 0 saturated carbocycles. The third kappa shape index (κ3) is 4.44. The first-order valence-corrected chi connectivity index (χ1v) is 8.17. The van der Waals surface area contributed by atoms with Crippen LogP contribution in [0, 0.1) is 5.82 Å². The first kappa shape index (κ1) is 18.9. The number of nitrogens with zero attached hydrogens (tertiary/aromatic N) is 3. The number of nitrogens with one attached hydrogen (secondary N) is 1. The Morgan fingerprint density at radius 3 is 2.67 bits per heavy atom. The standard InChI is InChI=1S/C17H16F4N4O2/c18-12-8-22-14(10-3-5-11(26)6-4-10)24-15(12)25-7-1-2-13(25)16(27)23-9-17(19,20)21/h3-6,8,13,26H,1-2,7,9H2,(H,23,27)/t13-/m1/s1. The van der Waals surface area contributed by atoms with E-state index in [1.54, 1.807) is 12.1 Å². The lowest BCUT2D eigenvalue weighted by atomic mass is 10.2. The Kier molecular flexibility index (Phi) is 5.15. The summed E-state index contributed by atoms with van der Waals surface area (Å²) in [7, 11) is 0. The van der Waals surface area contributed by atoms with Crippen molar-refractivity contribution in [3.8, 4) is 17.1 Å². The average molecular weight is 384 g/mol. The molecule has 2 N–H and O–H groups in total. The summed E-state index contributed by atoms with van der Waals surface area (Å²) in [5.41, 5.74) is 0.520. The number of hydrogen-bond acceptors (Lipinski definition) is 5. The summed E-state index contributed by atoms with van der Waals surface area (Å²) >= 11 is 0. The van der Waals surface area contributed by atoms with Crippen molar-refractivity contribution in [2.75, 3.05) is 18.0 Å². The fourth-order valence-electron chi connectivity index (χ4n) is 2.91. The predicted octanol–water partition coefficient (Wildman–Crippen LogP) is 2.64. The molecular weight excluding hydrogens is 368 g/mol. The van der Waals surface area contributed by atoms with Gasteiger partial charge in [-0.05, 0) is 37.1 Å². The Morgan fingerprint density at radius 2 is 2.00 bits per heavy atom. The molecule has 0 unspecified atom stereocenters. The number of benzene rings is 1. The van der Waals surface area contributed by atoms with Crippen molar-refractivity contribution in [3.05, 3.63) is 36.3 Å². The molecule has 3 rings (SSSR count). The van der Waals surface area contributed by atoms with Crippen molar-refractivity contribution in [1.82, 2.24) is 15.3 Å². The predicted molar refractivity (Wildman–Crippen MR) is 88.5 cm³/mol. The Hall–Kier alpha value is -2.91. The summed E-state index contributed by atoms with van der Waals surface area (Å²) < 4.78 is 51.3. The largest absolute Gasteiger partial charge is 0.508 e. The number of rotatable bonds is 4. The van der Waals surface area contributed by atoms with Crippen LogP contribution in [-0.4, -0.2) is 46.3 Å². The first-order valence-electron chi connectivity index (χ1n) is 8.17. The molecule has 1 aliphatic heterocycles. The van der Waals surface area contributed by atoms with Gasteiger partial charge >= 0.3 is 6.18 Å². The highest BCUT2D eigenvalue weighted by molar-refractivity contribution is 5.85. The van der Waals surface area contributed by atoms with E-state index in [4.69, 9.17) is 0 Å². The van der Waals surface area contributed by atoms with Crippen LogP contribution in [0.4, 0.5) is 23.4 Å². The fraction of sp³-hybridized carbons (Fsp3) is 0.353. The molecule has 1 saturated heterocycles. The quantitative estimate of drug-likeness (QED) is 0.793. The van der Waals surface area contributed by atoms with E-state index >= 15 is 0 Å². The van der Waals surface area contributed by atoms with Gasteiger partial charge in [-0.1, -0.05) is 0 Å². The Bertz CT molecular complexity index is 827. The molecule has 27 heavy (non-hydrogen) atoms. The summed E-state index contributed by atoms with van der Waals surface area (Å²) in [6.07, 6.45) is -2.76. The van der Waals surface area contributed by atoms with E-state index in [0.717, 1.165) is 6.20 Å². The zero-order valence-electron chi connectivity index (χ0n) is 14.0. The van der Waals surface area contributed by atoms with Crippen LogP contribution in [0.15, 0.2) is 30.5 Å². The van der Waals surface area contributed by atoms with Crippen molar-refractivity contribution < 1.29 is 27.5 Å². The number of anilines is 1. The number of aromatic nitrogens is 2. The summed E-state index contributed by atoms with van der Waals surface area (Å²) in [5, 5.41) is 11.2. The van der Waals surface area contributed by atoms with Crippen molar-refractivity contribution in [3.63, 3.8) is 0 Å². The maximum atomic E-state index is 14.3. The average Bonchev–Trinajstić information content (AvgIpc) is 3.10. The number of aromatic hydroxyl groups is 1. The fourth-order valence-corrected chi connectivity index (χ4v) is 2.91. The van der Waals surface area contributed by atoms with Crippen LogP contribution in [0.25, 0.3) is 11.4 Å². The molecular formula is C17H16F4N4O2. The van der Waals surface area contributed by atoms with Gasteiger partial charge in [-0.2, -0.15) is 13.2 Å². The van der Waals surface area contributed by atoms with Gasteiger partial charge in [-0.15, -0.1) is 0 Å². The lowest BCUT2D eigenvalue weighted by molar-refractivity contribution is -0.139. The van der Waals surface area contributed by atoms with Crippen LogP contribution in [0.2, 0.25) is 0 Å². The van der Waals surface area contributed by atoms with Crippen LogP contribution in [-0.2, 0) is 4.79 Å². The van der Waals surface area contributed by atoms with E-state index in [1.807, 2.05) is 5.32 Å². The second kappa shape index (κ2) is 7.37. The van der Waals surface area contributed by atoms with Gasteiger partial charge in [-0.25, -0.2) is 14.4 Å². The van der Waals surface area contributed by atoms with E-state index in [9.17, 15) is 27.5 Å². The molecule has 1 fully saturated rings. The molecule has 0 aliphatic carbocycles. The maximum absolute atomic E-state index is 14.3.